The molecular formula is C22H17N3O2. The van der Waals surface area contributed by atoms with Gasteiger partial charge in [0.1, 0.15) is 5.65 Å². The molecule has 5 heteroatoms. The lowest BCUT2D eigenvalue weighted by atomic mass is 10.1. The molecule has 0 radical (unpaired) electrons. The van der Waals surface area contributed by atoms with E-state index < -0.39 is 4.92 Å². The van der Waals surface area contributed by atoms with E-state index in [2.05, 4.69) is 24.2 Å². The summed E-state index contributed by atoms with van der Waals surface area (Å²) < 4.78 is 2.03. The number of aromatic nitrogens is 2. The molecule has 27 heavy (non-hydrogen) atoms. The van der Waals surface area contributed by atoms with E-state index in [1.165, 1.54) is 17.7 Å². The van der Waals surface area contributed by atoms with Crippen LogP contribution in [0.4, 0.5) is 5.69 Å². The van der Waals surface area contributed by atoms with Crippen LogP contribution in [0.2, 0.25) is 0 Å². The SMILES string of the molecule is Cc1ccc2nc(-c3ccc(/C=C/c4ccc([N+](=O)[O-])cc4)cc3)cn2c1. The van der Waals surface area contributed by atoms with E-state index in [9.17, 15) is 10.1 Å². The van der Waals surface area contributed by atoms with E-state index in [1.54, 1.807) is 12.1 Å². The van der Waals surface area contributed by atoms with Crippen LogP contribution in [0.1, 0.15) is 16.7 Å². The van der Waals surface area contributed by atoms with E-state index in [1.807, 2.05) is 53.1 Å². The number of nitro groups is 1. The summed E-state index contributed by atoms with van der Waals surface area (Å²) in [4.78, 5) is 15.0. The van der Waals surface area contributed by atoms with Crippen LogP contribution in [0.25, 0.3) is 29.1 Å². The molecule has 0 saturated carbocycles. The van der Waals surface area contributed by atoms with Crippen LogP contribution in [-0.2, 0) is 0 Å². The molecule has 2 aromatic heterocycles. The first-order valence-corrected chi connectivity index (χ1v) is 8.57. The highest BCUT2D eigenvalue weighted by Gasteiger charge is 2.05. The molecule has 5 nitrogen and oxygen atoms in total. The maximum atomic E-state index is 10.7. The zero-order valence-corrected chi connectivity index (χ0v) is 14.7. The Morgan fingerprint density at radius 3 is 2.15 bits per heavy atom. The Morgan fingerprint density at radius 1 is 0.889 bits per heavy atom. The van der Waals surface area contributed by atoms with Gasteiger partial charge < -0.3 is 4.40 Å². The highest BCUT2D eigenvalue weighted by Crippen LogP contribution is 2.21. The first-order chi connectivity index (χ1) is 13.1. The number of nitrogens with zero attached hydrogens (tertiary/aromatic N) is 3. The first kappa shape index (κ1) is 16.7. The molecule has 0 aliphatic rings. The van der Waals surface area contributed by atoms with E-state index in [0.29, 0.717) is 0 Å². The molecule has 0 aliphatic heterocycles. The number of pyridine rings is 1. The minimum absolute atomic E-state index is 0.0964. The van der Waals surface area contributed by atoms with Crippen molar-refractivity contribution >= 4 is 23.5 Å². The largest absolute Gasteiger partial charge is 0.306 e. The number of nitro benzene ring substituents is 1. The van der Waals surface area contributed by atoms with Crippen LogP contribution in [0.3, 0.4) is 0 Å². The fraction of sp³-hybridized carbons (Fsp3) is 0.0455. The number of hydrogen-bond acceptors (Lipinski definition) is 3. The predicted octanol–water partition coefficient (Wildman–Crippen LogP) is 5.39. The zero-order chi connectivity index (χ0) is 18.8. The molecule has 0 spiro atoms. The van der Waals surface area contributed by atoms with Crippen molar-refractivity contribution < 1.29 is 4.92 Å². The second kappa shape index (κ2) is 6.88. The molecule has 0 fully saturated rings. The van der Waals surface area contributed by atoms with Gasteiger partial charge in [0, 0.05) is 30.1 Å². The summed E-state index contributed by atoms with van der Waals surface area (Å²) in [6.07, 6.45) is 8.02. The summed E-state index contributed by atoms with van der Waals surface area (Å²) in [5.74, 6) is 0. The van der Waals surface area contributed by atoms with Crippen LogP contribution in [0, 0.1) is 17.0 Å². The summed E-state index contributed by atoms with van der Waals surface area (Å²) in [5.41, 5.74) is 6.18. The highest BCUT2D eigenvalue weighted by atomic mass is 16.6. The van der Waals surface area contributed by atoms with Gasteiger partial charge in [-0.05, 0) is 41.8 Å². The number of non-ortho nitro benzene ring substituents is 1. The second-order valence-electron chi connectivity index (χ2n) is 6.40. The van der Waals surface area contributed by atoms with Gasteiger partial charge in [0.15, 0.2) is 0 Å². The van der Waals surface area contributed by atoms with Crippen molar-refractivity contribution in [2.45, 2.75) is 6.92 Å². The van der Waals surface area contributed by atoms with Gasteiger partial charge in [0.2, 0.25) is 0 Å². The molecule has 0 atom stereocenters. The van der Waals surface area contributed by atoms with Gasteiger partial charge in [-0.2, -0.15) is 0 Å². The lowest BCUT2D eigenvalue weighted by molar-refractivity contribution is -0.384. The minimum Gasteiger partial charge on any atom is -0.306 e. The van der Waals surface area contributed by atoms with Crippen LogP contribution in [0.15, 0.2) is 73.1 Å². The Balaban J connectivity index is 1.53. The van der Waals surface area contributed by atoms with Gasteiger partial charge in [-0.15, -0.1) is 0 Å². The molecule has 0 aliphatic carbocycles. The van der Waals surface area contributed by atoms with E-state index in [-0.39, 0.29) is 5.69 Å². The van der Waals surface area contributed by atoms with Crippen molar-refractivity contribution in [3.8, 4) is 11.3 Å². The molecule has 0 unspecified atom stereocenters. The monoisotopic (exact) mass is 355 g/mol. The van der Waals surface area contributed by atoms with Gasteiger partial charge >= 0.3 is 0 Å². The van der Waals surface area contributed by atoms with E-state index >= 15 is 0 Å². The van der Waals surface area contributed by atoms with Gasteiger partial charge in [-0.3, -0.25) is 10.1 Å². The quantitative estimate of drug-likeness (QED) is 0.280. The number of fused-ring (bicyclic) bond motifs is 1. The fourth-order valence-corrected chi connectivity index (χ4v) is 2.91. The molecular weight excluding hydrogens is 338 g/mol. The number of benzene rings is 2. The number of hydrogen-bond donors (Lipinski definition) is 0. The molecule has 4 aromatic rings. The molecule has 0 saturated heterocycles. The summed E-state index contributed by atoms with van der Waals surface area (Å²) in [6, 6.07) is 18.7. The van der Waals surface area contributed by atoms with Crippen molar-refractivity contribution in [2.24, 2.45) is 0 Å². The smallest absolute Gasteiger partial charge is 0.269 e. The summed E-state index contributed by atoms with van der Waals surface area (Å²) >= 11 is 0. The van der Waals surface area contributed by atoms with Crippen LogP contribution in [-0.4, -0.2) is 14.3 Å². The summed E-state index contributed by atoms with van der Waals surface area (Å²) in [6.45, 7) is 2.06. The Bertz CT molecular complexity index is 1140. The standard InChI is InChI=1S/C22H17N3O2/c1-16-2-13-22-23-21(15-24(22)14-16)19-9-5-17(6-10-19)3-4-18-7-11-20(12-8-18)25(26)27/h2-15H,1H3/b4-3+. The Labute approximate surface area is 156 Å². The number of rotatable bonds is 4. The third kappa shape index (κ3) is 3.62. The van der Waals surface area contributed by atoms with Crippen molar-refractivity contribution in [3.05, 3.63) is 99.9 Å². The van der Waals surface area contributed by atoms with Crippen LogP contribution < -0.4 is 0 Å². The highest BCUT2D eigenvalue weighted by molar-refractivity contribution is 5.72. The molecule has 132 valence electrons. The maximum Gasteiger partial charge on any atom is 0.269 e. The maximum absolute atomic E-state index is 10.7. The third-order valence-electron chi connectivity index (χ3n) is 4.38. The fourth-order valence-electron chi connectivity index (χ4n) is 2.91. The van der Waals surface area contributed by atoms with Gasteiger partial charge in [0.25, 0.3) is 5.69 Å². The van der Waals surface area contributed by atoms with Crippen LogP contribution >= 0.6 is 0 Å². The predicted molar refractivity (Wildman–Crippen MR) is 107 cm³/mol. The third-order valence-corrected chi connectivity index (χ3v) is 4.38. The van der Waals surface area contributed by atoms with Crippen molar-refractivity contribution in [3.63, 3.8) is 0 Å². The number of aryl methyl sites for hydroxylation is 1. The molecule has 2 heterocycles. The molecule has 0 amide bonds. The molecule has 2 aromatic carbocycles. The number of imidazole rings is 1. The molecule has 4 rings (SSSR count). The van der Waals surface area contributed by atoms with Gasteiger partial charge in [-0.1, -0.05) is 42.5 Å². The van der Waals surface area contributed by atoms with Gasteiger partial charge in [0.05, 0.1) is 10.6 Å². The normalized spacial score (nSPS) is 11.3. The summed E-state index contributed by atoms with van der Waals surface area (Å²) in [5, 5.41) is 10.7. The van der Waals surface area contributed by atoms with E-state index in [0.717, 1.165) is 28.0 Å². The Morgan fingerprint density at radius 2 is 1.52 bits per heavy atom. The molecule has 0 N–H and O–H groups in total. The lowest BCUT2D eigenvalue weighted by Gasteiger charge is -1.98. The Kier molecular flexibility index (Phi) is 4.26. The second-order valence-corrected chi connectivity index (χ2v) is 6.40. The van der Waals surface area contributed by atoms with Gasteiger partial charge in [-0.25, -0.2) is 4.98 Å². The zero-order valence-electron chi connectivity index (χ0n) is 14.7. The summed E-state index contributed by atoms with van der Waals surface area (Å²) in [7, 11) is 0. The van der Waals surface area contributed by atoms with Crippen LogP contribution in [0.5, 0.6) is 0 Å². The Hall–Kier alpha value is -3.73. The van der Waals surface area contributed by atoms with E-state index in [4.69, 9.17) is 0 Å². The lowest BCUT2D eigenvalue weighted by Crippen LogP contribution is -1.86. The van der Waals surface area contributed by atoms with Crippen molar-refractivity contribution in [2.75, 3.05) is 0 Å². The molecule has 0 bridgehead atoms. The average Bonchev–Trinajstić information content (AvgIpc) is 3.10. The first-order valence-electron chi connectivity index (χ1n) is 8.57. The van der Waals surface area contributed by atoms with Crippen molar-refractivity contribution in [1.29, 1.82) is 0 Å². The minimum atomic E-state index is -0.396. The topological polar surface area (TPSA) is 60.4 Å². The average molecular weight is 355 g/mol. The van der Waals surface area contributed by atoms with Crippen molar-refractivity contribution in [1.82, 2.24) is 9.38 Å².